The Balaban J connectivity index is 2.15. The second-order valence-corrected chi connectivity index (χ2v) is 5.20. The van der Waals surface area contributed by atoms with Gasteiger partial charge >= 0.3 is 5.97 Å². The lowest BCUT2D eigenvalue weighted by Gasteiger charge is -2.07. The molecule has 132 valence electrons. The molecular formula is C20H18N2O4. The van der Waals surface area contributed by atoms with Crippen LogP contribution >= 0.6 is 0 Å². The SMILES string of the molecule is CCOc1cccc(NC(=O)/C(C#N)=C\c2ccc(C(=O)OC)cc2)c1. The largest absolute Gasteiger partial charge is 0.494 e. The van der Waals surface area contributed by atoms with Crippen molar-refractivity contribution in [1.29, 1.82) is 5.26 Å². The van der Waals surface area contributed by atoms with Gasteiger partial charge in [0.25, 0.3) is 5.91 Å². The van der Waals surface area contributed by atoms with Crippen LogP contribution in [0.15, 0.2) is 54.1 Å². The Labute approximate surface area is 151 Å². The molecule has 0 atom stereocenters. The number of ether oxygens (including phenoxy) is 2. The monoisotopic (exact) mass is 350 g/mol. The molecule has 0 aromatic heterocycles. The fraction of sp³-hybridized carbons (Fsp3) is 0.150. The molecule has 0 saturated carbocycles. The molecule has 0 aliphatic carbocycles. The van der Waals surface area contributed by atoms with Crippen LogP contribution in [0, 0.1) is 11.3 Å². The molecule has 0 aliphatic heterocycles. The summed E-state index contributed by atoms with van der Waals surface area (Å²) in [5.41, 5.74) is 1.48. The van der Waals surface area contributed by atoms with E-state index in [2.05, 4.69) is 10.1 Å². The molecule has 2 rings (SSSR count). The summed E-state index contributed by atoms with van der Waals surface area (Å²) in [5.74, 6) is -0.350. The summed E-state index contributed by atoms with van der Waals surface area (Å²) in [6, 6.07) is 15.2. The van der Waals surface area contributed by atoms with Crippen molar-refractivity contribution in [2.45, 2.75) is 6.92 Å². The van der Waals surface area contributed by atoms with Crippen LogP contribution in [0.5, 0.6) is 5.75 Å². The van der Waals surface area contributed by atoms with Gasteiger partial charge in [-0.05, 0) is 42.8 Å². The summed E-state index contributed by atoms with van der Waals surface area (Å²) in [6.07, 6.45) is 1.45. The van der Waals surface area contributed by atoms with E-state index >= 15 is 0 Å². The van der Waals surface area contributed by atoms with Crippen LogP contribution in [0.2, 0.25) is 0 Å². The highest BCUT2D eigenvalue weighted by molar-refractivity contribution is 6.09. The number of anilines is 1. The molecule has 6 nitrogen and oxygen atoms in total. The van der Waals surface area contributed by atoms with E-state index in [0.29, 0.717) is 29.2 Å². The predicted molar refractivity (Wildman–Crippen MR) is 97.6 cm³/mol. The quantitative estimate of drug-likeness (QED) is 0.490. The number of carbonyl (C=O) groups is 2. The van der Waals surface area contributed by atoms with Gasteiger partial charge in [0.1, 0.15) is 17.4 Å². The first-order valence-corrected chi connectivity index (χ1v) is 7.91. The molecule has 1 amide bonds. The average Bonchev–Trinajstić information content (AvgIpc) is 2.66. The van der Waals surface area contributed by atoms with Crippen molar-refractivity contribution >= 4 is 23.6 Å². The molecule has 0 aliphatic rings. The zero-order valence-corrected chi connectivity index (χ0v) is 14.5. The average molecular weight is 350 g/mol. The van der Waals surface area contributed by atoms with E-state index in [4.69, 9.17) is 4.74 Å². The molecule has 0 heterocycles. The van der Waals surface area contributed by atoms with Gasteiger partial charge in [-0.2, -0.15) is 5.26 Å². The summed E-state index contributed by atoms with van der Waals surface area (Å²) in [7, 11) is 1.30. The molecule has 0 fully saturated rings. The minimum absolute atomic E-state index is 0.0577. The molecule has 0 bridgehead atoms. The second-order valence-electron chi connectivity index (χ2n) is 5.20. The van der Waals surface area contributed by atoms with Crippen molar-refractivity contribution < 1.29 is 19.1 Å². The van der Waals surface area contributed by atoms with E-state index in [1.165, 1.54) is 13.2 Å². The third kappa shape index (κ3) is 4.95. The molecular weight excluding hydrogens is 332 g/mol. The third-order valence-electron chi connectivity index (χ3n) is 3.41. The van der Waals surface area contributed by atoms with Crippen molar-refractivity contribution in [2.75, 3.05) is 19.0 Å². The van der Waals surface area contributed by atoms with E-state index in [1.54, 1.807) is 48.5 Å². The Hall–Kier alpha value is -3.59. The molecule has 26 heavy (non-hydrogen) atoms. The van der Waals surface area contributed by atoms with E-state index < -0.39 is 11.9 Å². The zero-order chi connectivity index (χ0) is 18.9. The lowest BCUT2D eigenvalue weighted by molar-refractivity contribution is -0.112. The van der Waals surface area contributed by atoms with Gasteiger partial charge in [-0.3, -0.25) is 4.79 Å². The lowest BCUT2D eigenvalue weighted by atomic mass is 10.1. The Morgan fingerprint density at radius 2 is 1.92 bits per heavy atom. The van der Waals surface area contributed by atoms with Gasteiger partial charge in [-0.15, -0.1) is 0 Å². The zero-order valence-electron chi connectivity index (χ0n) is 14.5. The topological polar surface area (TPSA) is 88.4 Å². The molecule has 1 N–H and O–H groups in total. The number of methoxy groups -OCH3 is 1. The summed E-state index contributed by atoms with van der Waals surface area (Å²) in [4.78, 5) is 23.7. The molecule has 0 spiro atoms. The Bertz CT molecular complexity index is 864. The van der Waals surface area contributed by atoms with Gasteiger partial charge in [0.15, 0.2) is 0 Å². The van der Waals surface area contributed by atoms with E-state index in [9.17, 15) is 14.9 Å². The maximum Gasteiger partial charge on any atom is 0.337 e. The van der Waals surface area contributed by atoms with Gasteiger partial charge < -0.3 is 14.8 Å². The third-order valence-corrected chi connectivity index (χ3v) is 3.41. The molecule has 0 saturated heterocycles. The Kier molecular flexibility index (Phi) is 6.52. The van der Waals surface area contributed by atoms with Crippen LogP contribution in [0.4, 0.5) is 5.69 Å². The number of hydrogen-bond acceptors (Lipinski definition) is 5. The van der Waals surface area contributed by atoms with Crippen molar-refractivity contribution in [1.82, 2.24) is 0 Å². The van der Waals surface area contributed by atoms with E-state index in [-0.39, 0.29) is 5.57 Å². The second kappa shape index (κ2) is 9.04. The van der Waals surface area contributed by atoms with Crippen molar-refractivity contribution in [2.24, 2.45) is 0 Å². The number of nitriles is 1. The number of hydrogen-bond donors (Lipinski definition) is 1. The summed E-state index contributed by atoms with van der Waals surface area (Å²) >= 11 is 0. The van der Waals surface area contributed by atoms with Crippen molar-refractivity contribution in [3.05, 3.63) is 65.2 Å². The first-order valence-electron chi connectivity index (χ1n) is 7.91. The van der Waals surface area contributed by atoms with Gasteiger partial charge in [0.2, 0.25) is 0 Å². The van der Waals surface area contributed by atoms with Gasteiger partial charge in [0, 0.05) is 11.8 Å². The molecule has 6 heteroatoms. The lowest BCUT2D eigenvalue weighted by Crippen LogP contribution is -2.13. The molecule has 0 unspecified atom stereocenters. The number of carbonyl (C=O) groups excluding carboxylic acids is 2. The maximum absolute atomic E-state index is 12.3. The number of esters is 1. The van der Waals surface area contributed by atoms with Gasteiger partial charge in [0.05, 0.1) is 19.3 Å². The Morgan fingerprint density at radius 1 is 1.19 bits per heavy atom. The molecule has 2 aromatic rings. The highest BCUT2D eigenvalue weighted by Crippen LogP contribution is 2.18. The minimum atomic E-state index is -0.529. The van der Waals surface area contributed by atoms with Crippen LogP contribution in [-0.4, -0.2) is 25.6 Å². The first kappa shape index (κ1) is 18.7. The van der Waals surface area contributed by atoms with Crippen LogP contribution < -0.4 is 10.1 Å². The number of amides is 1. The standard InChI is InChI=1S/C20H18N2O4/c1-3-26-18-6-4-5-17(12-18)22-19(23)16(13-21)11-14-7-9-15(10-8-14)20(24)25-2/h4-12H,3H2,1-2H3,(H,22,23)/b16-11-. The highest BCUT2D eigenvalue weighted by atomic mass is 16.5. The van der Waals surface area contributed by atoms with Gasteiger partial charge in [-0.25, -0.2) is 4.79 Å². The summed E-state index contributed by atoms with van der Waals surface area (Å²) in [6.45, 7) is 2.38. The minimum Gasteiger partial charge on any atom is -0.494 e. The normalized spacial score (nSPS) is 10.6. The smallest absolute Gasteiger partial charge is 0.337 e. The van der Waals surface area contributed by atoms with Crippen molar-refractivity contribution in [3.63, 3.8) is 0 Å². The van der Waals surface area contributed by atoms with Crippen LogP contribution in [-0.2, 0) is 9.53 Å². The molecule has 2 aromatic carbocycles. The first-order chi connectivity index (χ1) is 12.6. The predicted octanol–water partition coefficient (Wildman–Crippen LogP) is 3.42. The summed E-state index contributed by atoms with van der Waals surface area (Å²) in [5, 5.41) is 11.9. The van der Waals surface area contributed by atoms with Crippen LogP contribution in [0.1, 0.15) is 22.8 Å². The number of benzene rings is 2. The van der Waals surface area contributed by atoms with Gasteiger partial charge in [-0.1, -0.05) is 18.2 Å². The Morgan fingerprint density at radius 3 is 2.54 bits per heavy atom. The summed E-state index contributed by atoms with van der Waals surface area (Å²) < 4.78 is 10.0. The van der Waals surface area contributed by atoms with Crippen LogP contribution in [0.25, 0.3) is 6.08 Å². The number of nitrogens with zero attached hydrogens (tertiary/aromatic N) is 1. The van der Waals surface area contributed by atoms with E-state index in [0.717, 1.165) is 0 Å². The molecule has 0 radical (unpaired) electrons. The number of rotatable bonds is 6. The number of nitrogens with one attached hydrogen (secondary N) is 1. The highest BCUT2D eigenvalue weighted by Gasteiger charge is 2.11. The van der Waals surface area contributed by atoms with Crippen molar-refractivity contribution in [3.8, 4) is 11.8 Å². The maximum atomic E-state index is 12.3. The fourth-order valence-electron chi connectivity index (χ4n) is 2.18. The van der Waals surface area contributed by atoms with Crippen LogP contribution in [0.3, 0.4) is 0 Å². The van der Waals surface area contributed by atoms with E-state index in [1.807, 2.05) is 13.0 Å². The fourth-order valence-corrected chi connectivity index (χ4v) is 2.18.